The summed E-state index contributed by atoms with van der Waals surface area (Å²) in [4.78, 5) is 12.7. The fourth-order valence-electron chi connectivity index (χ4n) is 3.33. The van der Waals surface area contributed by atoms with E-state index < -0.39 is 14.9 Å². The zero-order valence-corrected chi connectivity index (χ0v) is 14.0. The largest absolute Gasteiger partial charge is 0.296 e. The first-order valence-electron chi connectivity index (χ1n) is 7.81. The average Bonchev–Trinajstić information content (AvgIpc) is 3.23. The molecule has 1 aromatic carbocycles. The number of nitro groups is 1. The Morgan fingerprint density at radius 1 is 1.35 bits per heavy atom. The van der Waals surface area contributed by atoms with Gasteiger partial charge in [0.2, 0.25) is 10.0 Å². The summed E-state index contributed by atoms with van der Waals surface area (Å²) in [6.45, 7) is 4.47. The number of nitrogens with zero attached hydrogens (tertiary/aromatic N) is 2. The quantitative estimate of drug-likeness (QED) is 0.652. The second-order valence-corrected chi connectivity index (χ2v) is 8.22. The maximum atomic E-state index is 12.6. The van der Waals surface area contributed by atoms with Crippen molar-refractivity contribution in [3.05, 3.63) is 33.9 Å². The number of rotatable bonds is 5. The Morgan fingerprint density at radius 3 is 2.65 bits per heavy atom. The molecule has 23 heavy (non-hydrogen) atoms. The molecule has 0 bridgehead atoms. The van der Waals surface area contributed by atoms with Crippen LogP contribution < -0.4 is 4.72 Å². The Kier molecular flexibility index (Phi) is 4.16. The predicted octanol–water partition coefficient (Wildman–Crippen LogP) is 1.81. The van der Waals surface area contributed by atoms with Gasteiger partial charge in [-0.1, -0.05) is 6.07 Å². The smallest absolute Gasteiger partial charge is 0.270 e. The highest BCUT2D eigenvalue weighted by molar-refractivity contribution is 7.89. The van der Waals surface area contributed by atoms with E-state index in [1.165, 1.54) is 25.0 Å². The van der Waals surface area contributed by atoms with E-state index >= 15 is 0 Å². The number of nitrogens with one attached hydrogen (secondary N) is 1. The fourth-order valence-corrected chi connectivity index (χ4v) is 4.84. The molecule has 126 valence electrons. The number of sulfonamides is 1. The SMILES string of the molecule is Cc1ccc([N+](=O)[O-])cc1S(=O)(=O)N[C@H]1C[C@H](C)N(C2CC2)C1. The van der Waals surface area contributed by atoms with Crippen LogP contribution >= 0.6 is 0 Å². The number of nitro benzene ring substituents is 1. The van der Waals surface area contributed by atoms with E-state index in [-0.39, 0.29) is 16.6 Å². The molecule has 1 heterocycles. The lowest BCUT2D eigenvalue weighted by Crippen LogP contribution is -2.37. The third-order valence-corrected chi connectivity index (χ3v) is 6.30. The Labute approximate surface area is 135 Å². The minimum atomic E-state index is -3.76. The molecule has 2 aliphatic rings. The fraction of sp³-hybridized carbons (Fsp3) is 0.600. The minimum absolute atomic E-state index is 0.00998. The first-order chi connectivity index (χ1) is 10.8. The van der Waals surface area contributed by atoms with Crippen molar-refractivity contribution in [2.24, 2.45) is 0 Å². The molecule has 1 saturated carbocycles. The van der Waals surface area contributed by atoms with Crippen LogP contribution in [0.4, 0.5) is 5.69 Å². The van der Waals surface area contributed by atoms with Crippen LogP contribution in [0.2, 0.25) is 0 Å². The van der Waals surface area contributed by atoms with Crippen molar-refractivity contribution in [1.29, 1.82) is 0 Å². The number of non-ortho nitro benzene ring substituents is 1. The molecule has 1 aliphatic heterocycles. The van der Waals surface area contributed by atoms with Gasteiger partial charge < -0.3 is 0 Å². The summed E-state index contributed by atoms with van der Waals surface area (Å²) in [5.41, 5.74) is 0.295. The van der Waals surface area contributed by atoms with Crippen molar-refractivity contribution in [2.75, 3.05) is 6.54 Å². The van der Waals surface area contributed by atoms with E-state index in [1.807, 2.05) is 0 Å². The molecule has 0 amide bonds. The Hall–Kier alpha value is -1.51. The standard InChI is InChI=1S/C15H21N3O4S/c1-10-3-4-14(18(19)20)8-15(10)23(21,22)16-12-7-11(2)17(9-12)13-5-6-13/h3-4,8,11-13,16H,5-7,9H2,1-2H3/t11-,12-/m0/s1. The Bertz CT molecular complexity index is 730. The molecule has 0 spiro atoms. The number of likely N-dealkylation sites (tertiary alicyclic amines) is 1. The van der Waals surface area contributed by atoms with E-state index in [1.54, 1.807) is 6.92 Å². The zero-order valence-electron chi connectivity index (χ0n) is 13.2. The van der Waals surface area contributed by atoms with Gasteiger partial charge in [-0.05, 0) is 38.7 Å². The molecule has 8 heteroatoms. The molecule has 1 aromatic rings. The van der Waals surface area contributed by atoms with Crippen LogP contribution in [0.3, 0.4) is 0 Å². The molecule has 0 radical (unpaired) electrons. The number of hydrogen-bond donors (Lipinski definition) is 1. The highest BCUT2D eigenvalue weighted by Crippen LogP contribution is 2.33. The second-order valence-electron chi connectivity index (χ2n) is 6.54. The molecule has 0 unspecified atom stereocenters. The summed E-state index contributed by atoms with van der Waals surface area (Å²) in [6.07, 6.45) is 3.14. The van der Waals surface area contributed by atoms with Gasteiger partial charge in [-0.15, -0.1) is 0 Å². The van der Waals surface area contributed by atoms with Gasteiger partial charge in [0.1, 0.15) is 0 Å². The lowest BCUT2D eigenvalue weighted by atomic mass is 10.2. The number of benzene rings is 1. The van der Waals surface area contributed by atoms with Gasteiger partial charge in [0.05, 0.1) is 9.82 Å². The van der Waals surface area contributed by atoms with Crippen molar-refractivity contribution in [3.63, 3.8) is 0 Å². The first kappa shape index (κ1) is 16.4. The third kappa shape index (κ3) is 3.39. The van der Waals surface area contributed by atoms with Crippen molar-refractivity contribution in [1.82, 2.24) is 9.62 Å². The highest BCUT2D eigenvalue weighted by Gasteiger charge is 2.40. The monoisotopic (exact) mass is 339 g/mol. The van der Waals surface area contributed by atoms with Gasteiger partial charge in [0.15, 0.2) is 0 Å². The van der Waals surface area contributed by atoms with E-state index in [4.69, 9.17) is 0 Å². The molecule has 1 aliphatic carbocycles. The average molecular weight is 339 g/mol. The number of aryl methyl sites for hydroxylation is 1. The van der Waals surface area contributed by atoms with E-state index in [0.717, 1.165) is 12.5 Å². The molecule has 0 aromatic heterocycles. The summed E-state index contributed by atoms with van der Waals surface area (Å²) in [5, 5.41) is 10.9. The summed E-state index contributed by atoms with van der Waals surface area (Å²) < 4.78 is 28.0. The van der Waals surface area contributed by atoms with Crippen LogP contribution in [-0.2, 0) is 10.0 Å². The molecular weight excluding hydrogens is 318 g/mol. The molecule has 3 rings (SSSR count). The van der Waals surface area contributed by atoms with Crippen LogP contribution in [0.5, 0.6) is 0 Å². The van der Waals surface area contributed by atoms with Gasteiger partial charge in [-0.3, -0.25) is 15.0 Å². The summed E-state index contributed by atoms with van der Waals surface area (Å²) in [7, 11) is -3.76. The van der Waals surface area contributed by atoms with Gasteiger partial charge in [0, 0.05) is 36.8 Å². The highest BCUT2D eigenvalue weighted by atomic mass is 32.2. The maximum absolute atomic E-state index is 12.6. The molecule has 1 saturated heterocycles. The molecule has 7 nitrogen and oxygen atoms in total. The third-order valence-electron chi connectivity index (χ3n) is 4.63. The lowest BCUT2D eigenvalue weighted by Gasteiger charge is -2.19. The van der Waals surface area contributed by atoms with Crippen LogP contribution in [0.1, 0.15) is 31.7 Å². The van der Waals surface area contributed by atoms with Gasteiger partial charge >= 0.3 is 0 Å². The lowest BCUT2D eigenvalue weighted by molar-refractivity contribution is -0.385. The minimum Gasteiger partial charge on any atom is -0.296 e. The van der Waals surface area contributed by atoms with Crippen molar-refractivity contribution in [2.45, 2.75) is 56.1 Å². The van der Waals surface area contributed by atoms with Gasteiger partial charge in [-0.2, -0.15) is 0 Å². The van der Waals surface area contributed by atoms with E-state index in [2.05, 4.69) is 16.5 Å². The number of hydrogen-bond acceptors (Lipinski definition) is 5. The topological polar surface area (TPSA) is 92.5 Å². The predicted molar refractivity (Wildman–Crippen MR) is 85.7 cm³/mol. The summed E-state index contributed by atoms with van der Waals surface area (Å²) in [5.74, 6) is 0. The second kappa shape index (κ2) is 5.85. The molecule has 2 fully saturated rings. The molecular formula is C15H21N3O4S. The first-order valence-corrected chi connectivity index (χ1v) is 9.29. The van der Waals surface area contributed by atoms with Crippen LogP contribution in [0.25, 0.3) is 0 Å². The van der Waals surface area contributed by atoms with Crippen molar-refractivity contribution >= 4 is 15.7 Å². The van der Waals surface area contributed by atoms with Crippen LogP contribution in [-0.4, -0.2) is 42.9 Å². The Morgan fingerprint density at radius 2 is 2.04 bits per heavy atom. The maximum Gasteiger partial charge on any atom is 0.270 e. The van der Waals surface area contributed by atoms with Gasteiger partial charge in [-0.25, -0.2) is 13.1 Å². The van der Waals surface area contributed by atoms with Crippen molar-refractivity contribution < 1.29 is 13.3 Å². The Balaban J connectivity index is 1.79. The summed E-state index contributed by atoms with van der Waals surface area (Å²) in [6, 6.07) is 4.74. The summed E-state index contributed by atoms with van der Waals surface area (Å²) >= 11 is 0. The molecule has 2 atom stereocenters. The van der Waals surface area contributed by atoms with Crippen LogP contribution in [0.15, 0.2) is 23.1 Å². The van der Waals surface area contributed by atoms with Gasteiger partial charge in [0.25, 0.3) is 5.69 Å². The van der Waals surface area contributed by atoms with E-state index in [9.17, 15) is 18.5 Å². The van der Waals surface area contributed by atoms with E-state index in [0.29, 0.717) is 24.2 Å². The molecule has 1 N–H and O–H groups in total. The zero-order chi connectivity index (χ0) is 16.8. The normalized spacial score (nSPS) is 25.7. The van der Waals surface area contributed by atoms with Crippen LogP contribution in [0, 0.1) is 17.0 Å². The van der Waals surface area contributed by atoms with Crippen molar-refractivity contribution in [3.8, 4) is 0 Å².